The van der Waals surface area contributed by atoms with Gasteiger partial charge in [0.2, 0.25) is 0 Å². The summed E-state index contributed by atoms with van der Waals surface area (Å²) in [4.78, 5) is 28.6. The number of hydrogen-bond donors (Lipinski definition) is 1. The third-order valence-electron chi connectivity index (χ3n) is 3.99. The van der Waals surface area contributed by atoms with Crippen molar-refractivity contribution < 1.29 is 32.2 Å². The van der Waals surface area contributed by atoms with E-state index in [0.29, 0.717) is 11.3 Å². The predicted octanol–water partition coefficient (Wildman–Crippen LogP) is 3.59. The fourth-order valence-corrected chi connectivity index (χ4v) is 2.75. The Bertz CT molecular complexity index is 859. The van der Waals surface area contributed by atoms with Gasteiger partial charge >= 0.3 is 12.3 Å². The van der Waals surface area contributed by atoms with E-state index in [9.17, 15) is 22.8 Å². The van der Waals surface area contributed by atoms with E-state index >= 15 is 0 Å². The summed E-state index contributed by atoms with van der Waals surface area (Å²) in [6, 6.07) is 5.59. The van der Waals surface area contributed by atoms with E-state index in [1.165, 1.54) is 37.3 Å². The molecule has 0 aliphatic heterocycles. The predicted molar refractivity (Wildman–Crippen MR) is 90.5 cm³/mol. The number of aromatic nitrogens is 1. The van der Waals surface area contributed by atoms with Crippen LogP contribution in [-0.4, -0.2) is 42.3 Å². The molecule has 27 heavy (non-hydrogen) atoms. The number of aromatic amines is 1. The van der Waals surface area contributed by atoms with Crippen LogP contribution in [0, 0.1) is 13.8 Å². The number of halogens is 3. The average molecular weight is 384 g/mol. The second kappa shape index (κ2) is 7.73. The second-order valence-electron chi connectivity index (χ2n) is 5.93. The standard InChI is InChI=1S/C18H19F3N2O4/c1-10-14(17(25)26-4)11(2)22-15(10)16(24)23(3)9-12-7-5-6-8-13(12)27-18(19,20)21/h5-8,22H,9H2,1-4H3. The molecule has 0 unspecified atom stereocenters. The van der Waals surface area contributed by atoms with Gasteiger partial charge in [-0.1, -0.05) is 18.2 Å². The first-order valence-electron chi connectivity index (χ1n) is 7.91. The molecule has 0 aliphatic carbocycles. The first-order valence-corrected chi connectivity index (χ1v) is 7.91. The van der Waals surface area contributed by atoms with Crippen LogP contribution in [0.15, 0.2) is 24.3 Å². The van der Waals surface area contributed by atoms with Gasteiger partial charge in [0, 0.05) is 24.8 Å². The van der Waals surface area contributed by atoms with Crippen molar-refractivity contribution in [2.45, 2.75) is 26.8 Å². The molecule has 1 N–H and O–H groups in total. The van der Waals surface area contributed by atoms with E-state index < -0.39 is 18.2 Å². The van der Waals surface area contributed by atoms with Gasteiger partial charge in [0.1, 0.15) is 11.4 Å². The molecular weight excluding hydrogens is 365 g/mol. The van der Waals surface area contributed by atoms with Gasteiger partial charge in [-0.05, 0) is 25.5 Å². The third kappa shape index (κ3) is 4.60. The topological polar surface area (TPSA) is 71.6 Å². The van der Waals surface area contributed by atoms with Gasteiger partial charge in [-0.3, -0.25) is 4.79 Å². The summed E-state index contributed by atoms with van der Waals surface area (Å²) in [5.41, 5.74) is 1.51. The molecule has 0 saturated carbocycles. The number of nitrogens with one attached hydrogen (secondary N) is 1. The average Bonchev–Trinajstić information content (AvgIpc) is 2.88. The van der Waals surface area contributed by atoms with Crippen molar-refractivity contribution in [3.8, 4) is 5.75 Å². The zero-order chi connectivity index (χ0) is 20.4. The Morgan fingerprint density at radius 2 is 1.81 bits per heavy atom. The maximum absolute atomic E-state index is 12.7. The molecule has 1 aromatic heterocycles. The fraction of sp³-hybridized carbons (Fsp3) is 0.333. The van der Waals surface area contributed by atoms with E-state index in [2.05, 4.69) is 9.72 Å². The molecule has 1 heterocycles. The summed E-state index contributed by atoms with van der Waals surface area (Å²) in [6.45, 7) is 3.11. The fourth-order valence-electron chi connectivity index (χ4n) is 2.75. The van der Waals surface area contributed by atoms with Crippen LogP contribution >= 0.6 is 0 Å². The zero-order valence-electron chi connectivity index (χ0n) is 15.2. The van der Waals surface area contributed by atoms with Crippen molar-refractivity contribution in [2.75, 3.05) is 14.2 Å². The number of methoxy groups -OCH3 is 1. The van der Waals surface area contributed by atoms with Crippen LogP contribution in [0.5, 0.6) is 5.75 Å². The first kappa shape index (κ1) is 20.3. The van der Waals surface area contributed by atoms with E-state index in [4.69, 9.17) is 4.74 Å². The highest BCUT2D eigenvalue weighted by Crippen LogP contribution is 2.27. The monoisotopic (exact) mass is 384 g/mol. The Morgan fingerprint density at radius 1 is 1.19 bits per heavy atom. The molecule has 0 saturated heterocycles. The van der Waals surface area contributed by atoms with E-state index in [0.717, 1.165) is 0 Å². The van der Waals surface area contributed by atoms with Crippen molar-refractivity contribution in [2.24, 2.45) is 0 Å². The third-order valence-corrected chi connectivity index (χ3v) is 3.99. The number of hydrogen-bond acceptors (Lipinski definition) is 4. The van der Waals surface area contributed by atoms with Crippen LogP contribution in [0.2, 0.25) is 0 Å². The Kier molecular flexibility index (Phi) is 5.82. The number of aryl methyl sites for hydroxylation is 1. The van der Waals surface area contributed by atoms with E-state index in [1.807, 2.05) is 0 Å². The van der Waals surface area contributed by atoms with Crippen molar-refractivity contribution in [3.05, 3.63) is 52.3 Å². The maximum Gasteiger partial charge on any atom is 0.573 e. The van der Waals surface area contributed by atoms with Gasteiger partial charge < -0.3 is 19.4 Å². The Hall–Kier alpha value is -2.97. The Morgan fingerprint density at radius 3 is 2.41 bits per heavy atom. The number of carbonyl (C=O) groups is 2. The molecule has 0 atom stereocenters. The number of H-pyrrole nitrogens is 1. The summed E-state index contributed by atoms with van der Waals surface area (Å²) >= 11 is 0. The Labute approximate surface area is 153 Å². The number of alkyl halides is 3. The van der Waals surface area contributed by atoms with Gasteiger partial charge in [-0.15, -0.1) is 13.2 Å². The highest BCUT2D eigenvalue weighted by Gasteiger charge is 2.32. The van der Waals surface area contributed by atoms with Crippen molar-refractivity contribution in [1.29, 1.82) is 0 Å². The molecule has 1 amide bonds. The van der Waals surface area contributed by atoms with Crippen LogP contribution in [0.25, 0.3) is 0 Å². The second-order valence-corrected chi connectivity index (χ2v) is 5.93. The molecule has 0 radical (unpaired) electrons. The van der Waals surface area contributed by atoms with Crippen LogP contribution in [0.4, 0.5) is 13.2 Å². The van der Waals surface area contributed by atoms with Crippen molar-refractivity contribution in [1.82, 2.24) is 9.88 Å². The summed E-state index contributed by atoms with van der Waals surface area (Å²) in [5, 5.41) is 0. The van der Waals surface area contributed by atoms with E-state index in [-0.39, 0.29) is 29.1 Å². The molecule has 0 bridgehead atoms. The molecule has 0 aliphatic rings. The SMILES string of the molecule is COC(=O)c1c(C)[nH]c(C(=O)N(C)Cc2ccccc2OC(F)(F)F)c1C. The summed E-state index contributed by atoms with van der Waals surface area (Å²) in [7, 11) is 2.68. The minimum Gasteiger partial charge on any atom is -0.465 e. The van der Waals surface area contributed by atoms with Gasteiger partial charge in [0.25, 0.3) is 5.91 Å². The number of para-hydroxylation sites is 1. The molecule has 146 valence electrons. The lowest BCUT2D eigenvalue weighted by Gasteiger charge is -2.20. The van der Waals surface area contributed by atoms with Gasteiger partial charge in [0.05, 0.1) is 12.7 Å². The largest absolute Gasteiger partial charge is 0.573 e. The van der Waals surface area contributed by atoms with Gasteiger partial charge in [0.15, 0.2) is 0 Å². The lowest BCUT2D eigenvalue weighted by Crippen LogP contribution is -2.28. The molecule has 2 rings (SSSR count). The lowest BCUT2D eigenvalue weighted by atomic mass is 10.1. The van der Waals surface area contributed by atoms with Gasteiger partial charge in [-0.2, -0.15) is 0 Å². The Balaban J connectivity index is 2.27. The smallest absolute Gasteiger partial charge is 0.465 e. The number of ether oxygens (including phenoxy) is 2. The van der Waals surface area contributed by atoms with Crippen LogP contribution in [0.1, 0.15) is 37.7 Å². The number of carbonyl (C=O) groups excluding carboxylic acids is 2. The van der Waals surface area contributed by atoms with Gasteiger partial charge in [-0.25, -0.2) is 4.79 Å². The van der Waals surface area contributed by atoms with E-state index in [1.54, 1.807) is 19.9 Å². The van der Waals surface area contributed by atoms with Crippen LogP contribution in [0.3, 0.4) is 0 Å². The lowest BCUT2D eigenvalue weighted by molar-refractivity contribution is -0.275. The molecule has 6 nitrogen and oxygen atoms in total. The van der Waals surface area contributed by atoms with Crippen LogP contribution < -0.4 is 4.74 Å². The summed E-state index contributed by atoms with van der Waals surface area (Å²) in [5.74, 6) is -1.43. The molecule has 9 heteroatoms. The number of benzene rings is 1. The molecule has 0 fully saturated rings. The molecule has 0 spiro atoms. The molecule has 2 aromatic rings. The number of nitrogens with zero attached hydrogens (tertiary/aromatic N) is 1. The highest BCUT2D eigenvalue weighted by atomic mass is 19.4. The maximum atomic E-state index is 12.7. The van der Waals surface area contributed by atoms with Crippen LogP contribution in [-0.2, 0) is 11.3 Å². The number of amides is 1. The first-order chi connectivity index (χ1) is 12.5. The minimum atomic E-state index is -4.83. The summed E-state index contributed by atoms with van der Waals surface area (Å²) in [6.07, 6.45) is -4.83. The molecule has 1 aromatic carbocycles. The highest BCUT2D eigenvalue weighted by molar-refractivity contribution is 6.00. The molecular formula is C18H19F3N2O4. The normalized spacial score (nSPS) is 11.2. The minimum absolute atomic E-state index is 0.115. The zero-order valence-corrected chi connectivity index (χ0v) is 15.2. The number of rotatable bonds is 5. The number of esters is 1. The van der Waals surface area contributed by atoms with Crippen molar-refractivity contribution in [3.63, 3.8) is 0 Å². The summed E-state index contributed by atoms with van der Waals surface area (Å²) < 4.78 is 46.3. The van der Waals surface area contributed by atoms with Crippen molar-refractivity contribution >= 4 is 11.9 Å². The quantitative estimate of drug-likeness (QED) is 0.800.